The fraction of sp³-hybridized carbons (Fsp3) is 0.235. The van der Waals surface area contributed by atoms with Crippen molar-refractivity contribution in [2.75, 3.05) is 12.8 Å². The molecule has 0 spiro atoms. The molecule has 0 aromatic heterocycles. The van der Waals surface area contributed by atoms with E-state index >= 15 is 0 Å². The Morgan fingerprint density at radius 2 is 1.52 bits per heavy atom. The van der Waals surface area contributed by atoms with Crippen molar-refractivity contribution in [2.24, 2.45) is 0 Å². The predicted octanol–water partition coefficient (Wildman–Crippen LogP) is 3.47. The third kappa shape index (κ3) is 5.99. The number of ether oxygens (including phenoxy) is 1. The van der Waals surface area contributed by atoms with Gasteiger partial charge >= 0.3 is 13.6 Å². The fourth-order valence-corrected chi connectivity index (χ4v) is 2.73. The average Bonchev–Trinajstić information content (AvgIpc) is 2.54. The summed E-state index contributed by atoms with van der Waals surface area (Å²) in [7, 11) is -3.96. The number of rotatable bonds is 7. The molecule has 0 saturated heterocycles. The summed E-state index contributed by atoms with van der Waals surface area (Å²) in [6, 6.07) is 17.0. The van der Waals surface area contributed by atoms with Crippen molar-refractivity contribution in [2.45, 2.75) is 12.8 Å². The van der Waals surface area contributed by atoms with E-state index in [0.717, 1.165) is 11.1 Å². The van der Waals surface area contributed by atoms with Gasteiger partial charge in [-0.1, -0.05) is 42.5 Å². The minimum Gasteiger partial charge on any atom is -0.462 e. The lowest BCUT2D eigenvalue weighted by molar-refractivity contribution is 0.0500. The highest BCUT2D eigenvalue weighted by Gasteiger charge is 2.12. The summed E-state index contributed by atoms with van der Waals surface area (Å²) in [4.78, 5) is 29.3. The maximum Gasteiger partial charge on any atom is 0.338 e. The van der Waals surface area contributed by atoms with Crippen LogP contribution in [-0.2, 0) is 9.30 Å². The molecule has 2 aromatic carbocycles. The zero-order valence-corrected chi connectivity index (χ0v) is 13.5. The van der Waals surface area contributed by atoms with Gasteiger partial charge < -0.3 is 14.5 Å². The van der Waals surface area contributed by atoms with Gasteiger partial charge in [0.25, 0.3) is 0 Å². The Hall–Kier alpha value is -1.94. The molecule has 0 atom stereocenters. The summed E-state index contributed by atoms with van der Waals surface area (Å²) >= 11 is 0. The Kier molecular flexibility index (Phi) is 6.11. The van der Waals surface area contributed by atoms with Gasteiger partial charge in [0.05, 0.1) is 12.2 Å². The van der Waals surface area contributed by atoms with E-state index in [1.165, 1.54) is 0 Å². The maximum atomic E-state index is 11.9. The molecule has 0 bridgehead atoms. The van der Waals surface area contributed by atoms with Crippen LogP contribution in [0.5, 0.6) is 0 Å². The third-order valence-corrected chi connectivity index (χ3v) is 4.20. The van der Waals surface area contributed by atoms with Crippen LogP contribution in [0.15, 0.2) is 54.6 Å². The SMILES string of the molecule is O=C(OCCCCP(=O)(O)O)c1ccc(-c2ccccc2)cc1. The highest BCUT2D eigenvalue weighted by atomic mass is 31.2. The van der Waals surface area contributed by atoms with Gasteiger partial charge in [-0.15, -0.1) is 0 Å². The molecule has 6 heteroatoms. The first kappa shape index (κ1) is 17.4. The van der Waals surface area contributed by atoms with Crippen LogP contribution in [0.4, 0.5) is 0 Å². The summed E-state index contributed by atoms with van der Waals surface area (Å²) in [5.41, 5.74) is 2.55. The van der Waals surface area contributed by atoms with E-state index in [9.17, 15) is 9.36 Å². The van der Waals surface area contributed by atoms with E-state index in [2.05, 4.69) is 0 Å². The van der Waals surface area contributed by atoms with Gasteiger partial charge in [-0.2, -0.15) is 0 Å². The predicted molar refractivity (Wildman–Crippen MR) is 88.3 cm³/mol. The first-order chi connectivity index (χ1) is 11.0. The van der Waals surface area contributed by atoms with Gasteiger partial charge in [0, 0.05) is 6.16 Å². The second-order valence-electron chi connectivity index (χ2n) is 5.17. The molecule has 0 radical (unpaired) electrons. The first-order valence-corrected chi connectivity index (χ1v) is 9.13. The van der Waals surface area contributed by atoms with Crippen LogP contribution >= 0.6 is 7.60 Å². The fourth-order valence-electron chi connectivity index (χ4n) is 2.10. The molecule has 0 aliphatic carbocycles. The summed E-state index contributed by atoms with van der Waals surface area (Å²) in [6.45, 7) is 0.152. The zero-order valence-electron chi connectivity index (χ0n) is 12.6. The van der Waals surface area contributed by atoms with E-state index in [0.29, 0.717) is 18.4 Å². The van der Waals surface area contributed by atoms with Gasteiger partial charge in [0.1, 0.15) is 0 Å². The topological polar surface area (TPSA) is 83.8 Å². The monoisotopic (exact) mass is 334 g/mol. The largest absolute Gasteiger partial charge is 0.462 e. The van der Waals surface area contributed by atoms with E-state index in [-0.39, 0.29) is 12.8 Å². The Balaban J connectivity index is 1.83. The molecule has 0 unspecified atom stereocenters. The molecule has 23 heavy (non-hydrogen) atoms. The van der Waals surface area contributed by atoms with E-state index < -0.39 is 13.6 Å². The molecule has 0 saturated carbocycles. The lowest BCUT2D eigenvalue weighted by Gasteiger charge is -2.07. The van der Waals surface area contributed by atoms with Crippen molar-refractivity contribution in [1.82, 2.24) is 0 Å². The second kappa shape index (κ2) is 8.06. The van der Waals surface area contributed by atoms with E-state index in [4.69, 9.17) is 14.5 Å². The van der Waals surface area contributed by atoms with Crippen molar-refractivity contribution in [3.8, 4) is 11.1 Å². The van der Waals surface area contributed by atoms with Crippen LogP contribution in [-0.4, -0.2) is 28.5 Å². The molecule has 2 aromatic rings. The van der Waals surface area contributed by atoms with Crippen molar-refractivity contribution < 1.29 is 23.9 Å². The number of hydrogen-bond acceptors (Lipinski definition) is 3. The number of esters is 1. The Bertz CT molecular complexity index is 676. The minimum absolute atomic E-state index is 0.152. The average molecular weight is 334 g/mol. The molecular formula is C17H19O5P. The van der Waals surface area contributed by atoms with Gasteiger partial charge in [-0.3, -0.25) is 4.57 Å². The standard InChI is InChI=1S/C17H19O5P/c18-17(22-12-4-5-13-23(19,20)21)16-10-8-15(9-11-16)14-6-2-1-3-7-14/h1-3,6-11H,4-5,12-13H2,(H2,19,20,21). The van der Waals surface area contributed by atoms with Gasteiger partial charge in [0.15, 0.2) is 0 Å². The molecule has 0 aliphatic heterocycles. The number of unbranched alkanes of at least 4 members (excludes halogenated alkanes) is 1. The Labute approximate surface area is 135 Å². The first-order valence-electron chi connectivity index (χ1n) is 7.33. The Morgan fingerprint density at radius 1 is 0.913 bits per heavy atom. The highest BCUT2D eigenvalue weighted by Crippen LogP contribution is 2.35. The van der Waals surface area contributed by atoms with Gasteiger partial charge in [0.2, 0.25) is 0 Å². The molecule has 2 rings (SSSR count). The maximum absolute atomic E-state index is 11.9. The van der Waals surface area contributed by atoms with Crippen molar-refractivity contribution in [3.05, 3.63) is 60.2 Å². The quantitative estimate of drug-likeness (QED) is 0.460. The molecule has 0 aliphatic rings. The lowest BCUT2D eigenvalue weighted by Crippen LogP contribution is -2.06. The normalized spacial score (nSPS) is 11.2. The Morgan fingerprint density at radius 3 is 2.13 bits per heavy atom. The molecule has 5 nitrogen and oxygen atoms in total. The summed E-state index contributed by atoms with van der Waals surface area (Å²) < 4.78 is 15.8. The van der Waals surface area contributed by atoms with Crippen LogP contribution in [0.2, 0.25) is 0 Å². The minimum atomic E-state index is -3.96. The summed E-state index contributed by atoms with van der Waals surface area (Å²) in [6.07, 6.45) is 0.569. The third-order valence-electron chi connectivity index (χ3n) is 3.30. The second-order valence-corrected chi connectivity index (χ2v) is 6.95. The highest BCUT2D eigenvalue weighted by molar-refractivity contribution is 7.51. The van der Waals surface area contributed by atoms with Crippen molar-refractivity contribution in [3.63, 3.8) is 0 Å². The van der Waals surface area contributed by atoms with E-state index in [1.807, 2.05) is 42.5 Å². The molecule has 2 N–H and O–H groups in total. The van der Waals surface area contributed by atoms with Crippen LogP contribution in [0, 0.1) is 0 Å². The number of hydrogen-bond donors (Lipinski definition) is 2. The zero-order chi connectivity index (χ0) is 16.7. The van der Waals surface area contributed by atoms with Crippen molar-refractivity contribution >= 4 is 13.6 Å². The molecule has 122 valence electrons. The van der Waals surface area contributed by atoms with Crippen LogP contribution in [0.1, 0.15) is 23.2 Å². The molecule has 0 heterocycles. The molecule has 0 fully saturated rings. The smallest absolute Gasteiger partial charge is 0.338 e. The summed E-state index contributed by atoms with van der Waals surface area (Å²) in [5.74, 6) is -0.430. The molecule has 0 amide bonds. The van der Waals surface area contributed by atoms with E-state index in [1.54, 1.807) is 12.1 Å². The van der Waals surface area contributed by atoms with Crippen LogP contribution < -0.4 is 0 Å². The molecular weight excluding hydrogens is 315 g/mol. The van der Waals surface area contributed by atoms with Gasteiger partial charge in [-0.25, -0.2) is 4.79 Å². The summed E-state index contributed by atoms with van der Waals surface area (Å²) in [5, 5.41) is 0. The van der Waals surface area contributed by atoms with Gasteiger partial charge in [-0.05, 0) is 36.1 Å². The van der Waals surface area contributed by atoms with Crippen molar-refractivity contribution in [1.29, 1.82) is 0 Å². The number of benzene rings is 2. The van der Waals surface area contributed by atoms with Crippen LogP contribution in [0.25, 0.3) is 11.1 Å². The van der Waals surface area contributed by atoms with Crippen LogP contribution in [0.3, 0.4) is 0 Å². The lowest BCUT2D eigenvalue weighted by atomic mass is 10.0. The number of carbonyl (C=O) groups is 1. The number of carbonyl (C=O) groups excluding carboxylic acids is 1.